The van der Waals surface area contributed by atoms with Crippen LogP contribution in [0.5, 0.6) is 5.88 Å². The van der Waals surface area contributed by atoms with Crippen molar-refractivity contribution in [3.05, 3.63) is 12.2 Å². The van der Waals surface area contributed by atoms with Crippen LogP contribution in [-0.2, 0) is 4.74 Å². The van der Waals surface area contributed by atoms with Crippen LogP contribution < -0.4 is 4.74 Å². The monoisotopic (exact) mass is 296 g/mol. The third-order valence-corrected chi connectivity index (χ3v) is 3.49. The molecular weight excluding hydrogens is 280 g/mol. The van der Waals surface area contributed by atoms with E-state index in [1.165, 1.54) is 18.0 Å². The number of hydrogen-bond donors (Lipinski definition) is 3. The van der Waals surface area contributed by atoms with Gasteiger partial charge in [-0.3, -0.25) is 4.57 Å². The average molecular weight is 296 g/mol. The van der Waals surface area contributed by atoms with Gasteiger partial charge >= 0.3 is 0 Å². The summed E-state index contributed by atoms with van der Waals surface area (Å²) >= 11 is 0. The predicted molar refractivity (Wildman–Crippen MR) is 69.6 cm³/mol. The Morgan fingerprint density at radius 2 is 2.10 bits per heavy atom. The minimum absolute atomic E-state index is 0.322. The van der Waals surface area contributed by atoms with Crippen LogP contribution in [0, 0.1) is 6.92 Å². The number of ether oxygens (including phenoxy) is 2. The summed E-state index contributed by atoms with van der Waals surface area (Å²) in [6, 6.07) is 0. The fraction of sp³-hybridized carbons (Fsp3) is 0.583. The molecule has 2 aromatic heterocycles. The van der Waals surface area contributed by atoms with Crippen molar-refractivity contribution in [2.45, 2.75) is 31.5 Å². The number of aryl methyl sites for hydroxylation is 1. The average Bonchev–Trinajstić information content (AvgIpc) is 3.01. The van der Waals surface area contributed by atoms with Crippen LogP contribution in [0.3, 0.4) is 0 Å². The first-order chi connectivity index (χ1) is 10.1. The summed E-state index contributed by atoms with van der Waals surface area (Å²) < 4.78 is 12.1. The Balaban J connectivity index is 2.07. The largest absolute Gasteiger partial charge is 0.479 e. The number of rotatable bonds is 3. The third kappa shape index (κ3) is 2.14. The fourth-order valence-corrected chi connectivity index (χ4v) is 2.43. The summed E-state index contributed by atoms with van der Waals surface area (Å²) in [5, 5.41) is 29.0. The standard InChI is InChI=1S/C12H16N4O5/c1-5-14-10-7(11(15-5)20-2)13-4-16(10)12-9(19)8(18)6(3-17)21-12/h4,6,8-9,12,17-19H,3H2,1-2H3. The SMILES string of the molecule is COc1nc(C)nc2c1ncn2C1OC(CO)C(O)C1O. The first-order valence-corrected chi connectivity index (χ1v) is 6.44. The minimum Gasteiger partial charge on any atom is -0.479 e. The molecule has 4 unspecified atom stereocenters. The molecule has 4 atom stereocenters. The molecule has 9 nitrogen and oxygen atoms in total. The van der Waals surface area contributed by atoms with Crippen molar-refractivity contribution in [3.63, 3.8) is 0 Å². The molecule has 0 aromatic carbocycles. The lowest BCUT2D eigenvalue weighted by Crippen LogP contribution is -2.33. The van der Waals surface area contributed by atoms with Gasteiger partial charge in [-0.05, 0) is 6.92 Å². The van der Waals surface area contributed by atoms with Crippen molar-refractivity contribution in [2.75, 3.05) is 13.7 Å². The molecule has 1 fully saturated rings. The summed E-state index contributed by atoms with van der Waals surface area (Å²) in [4.78, 5) is 12.6. The van der Waals surface area contributed by atoms with E-state index >= 15 is 0 Å². The summed E-state index contributed by atoms with van der Waals surface area (Å²) in [6.07, 6.45) is -2.68. The Labute approximate surface area is 119 Å². The minimum atomic E-state index is -1.19. The van der Waals surface area contributed by atoms with E-state index in [-0.39, 0.29) is 0 Å². The maximum Gasteiger partial charge on any atom is 0.245 e. The van der Waals surface area contributed by atoms with Crippen LogP contribution >= 0.6 is 0 Å². The van der Waals surface area contributed by atoms with Crippen molar-refractivity contribution >= 4 is 11.2 Å². The summed E-state index contributed by atoms with van der Waals surface area (Å²) in [5.41, 5.74) is 0.857. The molecule has 0 saturated carbocycles. The van der Waals surface area contributed by atoms with Gasteiger partial charge in [0.25, 0.3) is 0 Å². The molecule has 1 aliphatic heterocycles. The Morgan fingerprint density at radius 3 is 2.71 bits per heavy atom. The van der Waals surface area contributed by atoms with E-state index in [1.807, 2.05) is 0 Å². The first-order valence-electron chi connectivity index (χ1n) is 6.44. The number of aromatic nitrogens is 4. The normalized spacial score (nSPS) is 29.2. The molecule has 0 spiro atoms. The van der Waals surface area contributed by atoms with E-state index in [9.17, 15) is 10.2 Å². The number of aliphatic hydroxyl groups excluding tert-OH is 3. The van der Waals surface area contributed by atoms with Crippen molar-refractivity contribution in [2.24, 2.45) is 0 Å². The van der Waals surface area contributed by atoms with Gasteiger partial charge in [0, 0.05) is 0 Å². The number of fused-ring (bicyclic) bond motifs is 1. The van der Waals surface area contributed by atoms with Gasteiger partial charge < -0.3 is 24.8 Å². The highest BCUT2D eigenvalue weighted by Gasteiger charge is 2.44. The molecule has 1 saturated heterocycles. The lowest BCUT2D eigenvalue weighted by Gasteiger charge is -2.16. The molecule has 0 aliphatic carbocycles. The smallest absolute Gasteiger partial charge is 0.245 e. The fourth-order valence-electron chi connectivity index (χ4n) is 2.43. The van der Waals surface area contributed by atoms with E-state index < -0.39 is 31.1 Å². The predicted octanol–water partition coefficient (Wildman–Crippen LogP) is -1.25. The second-order valence-electron chi connectivity index (χ2n) is 4.83. The second-order valence-corrected chi connectivity index (χ2v) is 4.83. The van der Waals surface area contributed by atoms with Crippen molar-refractivity contribution < 1.29 is 24.8 Å². The third-order valence-electron chi connectivity index (χ3n) is 3.49. The Bertz CT molecular complexity index is 660. The maximum absolute atomic E-state index is 10.1. The molecule has 3 rings (SSSR count). The molecule has 3 heterocycles. The Kier molecular flexibility index (Phi) is 3.49. The zero-order valence-electron chi connectivity index (χ0n) is 11.5. The molecule has 21 heavy (non-hydrogen) atoms. The van der Waals surface area contributed by atoms with E-state index in [2.05, 4.69) is 15.0 Å². The zero-order valence-corrected chi connectivity index (χ0v) is 11.5. The molecule has 2 aromatic rings. The number of imidazole rings is 1. The van der Waals surface area contributed by atoms with E-state index in [0.29, 0.717) is 22.9 Å². The number of hydrogen-bond acceptors (Lipinski definition) is 8. The lowest BCUT2D eigenvalue weighted by molar-refractivity contribution is -0.0511. The first kappa shape index (κ1) is 14.1. The van der Waals surface area contributed by atoms with Gasteiger partial charge in [0.15, 0.2) is 17.4 Å². The molecule has 0 bridgehead atoms. The highest BCUT2D eigenvalue weighted by atomic mass is 16.6. The van der Waals surface area contributed by atoms with Gasteiger partial charge in [0.1, 0.15) is 24.1 Å². The zero-order chi connectivity index (χ0) is 15.1. The Morgan fingerprint density at radius 1 is 1.33 bits per heavy atom. The van der Waals surface area contributed by atoms with Gasteiger partial charge in [-0.2, -0.15) is 4.98 Å². The van der Waals surface area contributed by atoms with Gasteiger partial charge in [0.05, 0.1) is 20.0 Å². The molecule has 114 valence electrons. The number of aliphatic hydroxyl groups is 3. The maximum atomic E-state index is 10.1. The lowest BCUT2D eigenvalue weighted by atomic mass is 10.1. The van der Waals surface area contributed by atoms with Crippen LogP contribution in [0.2, 0.25) is 0 Å². The number of methoxy groups -OCH3 is 1. The molecule has 1 aliphatic rings. The molecular formula is C12H16N4O5. The van der Waals surface area contributed by atoms with Crippen LogP contribution in [-0.4, -0.2) is 66.9 Å². The van der Waals surface area contributed by atoms with Crippen molar-refractivity contribution in [1.29, 1.82) is 0 Å². The summed E-state index contributed by atoms with van der Waals surface area (Å²) in [6.45, 7) is 1.31. The van der Waals surface area contributed by atoms with Crippen LogP contribution in [0.4, 0.5) is 0 Å². The second kappa shape index (κ2) is 5.19. The van der Waals surface area contributed by atoms with Gasteiger partial charge in [-0.15, -0.1) is 0 Å². The van der Waals surface area contributed by atoms with E-state index in [0.717, 1.165) is 0 Å². The topological polar surface area (TPSA) is 123 Å². The van der Waals surface area contributed by atoms with Crippen LogP contribution in [0.25, 0.3) is 11.2 Å². The molecule has 0 amide bonds. The van der Waals surface area contributed by atoms with Crippen LogP contribution in [0.1, 0.15) is 12.1 Å². The molecule has 9 heteroatoms. The van der Waals surface area contributed by atoms with Crippen molar-refractivity contribution in [3.8, 4) is 5.88 Å². The van der Waals surface area contributed by atoms with Gasteiger partial charge in [0.2, 0.25) is 5.88 Å². The molecule has 3 N–H and O–H groups in total. The Hall–Kier alpha value is -1.81. The number of nitrogens with zero attached hydrogens (tertiary/aromatic N) is 4. The molecule has 0 radical (unpaired) electrons. The summed E-state index contributed by atoms with van der Waals surface area (Å²) in [7, 11) is 1.48. The van der Waals surface area contributed by atoms with Gasteiger partial charge in [-0.1, -0.05) is 0 Å². The van der Waals surface area contributed by atoms with Gasteiger partial charge in [-0.25, -0.2) is 9.97 Å². The van der Waals surface area contributed by atoms with E-state index in [4.69, 9.17) is 14.6 Å². The highest BCUT2D eigenvalue weighted by Crippen LogP contribution is 2.32. The quantitative estimate of drug-likeness (QED) is 0.642. The highest BCUT2D eigenvalue weighted by molar-refractivity contribution is 5.76. The van der Waals surface area contributed by atoms with Crippen LogP contribution in [0.15, 0.2) is 6.33 Å². The summed E-state index contributed by atoms with van der Waals surface area (Å²) in [5.74, 6) is 0.802. The van der Waals surface area contributed by atoms with E-state index in [1.54, 1.807) is 6.92 Å². The van der Waals surface area contributed by atoms with Crippen molar-refractivity contribution in [1.82, 2.24) is 19.5 Å².